The molecule has 0 amide bonds. The topological polar surface area (TPSA) is 71.8 Å². The Bertz CT molecular complexity index is 711. The van der Waals surface area contributed by atoms with Crippen LogP contribution < -0.4 is 9.46 Å². The third kappa shape index (κ3) is 4.34. The van der Waals surface area contributed by atoms with Gasteiger partial charge in [-0.1, -0.05) is 12.1 Å². The number of benzene rings is 1. The van der Waals surface area contributed by atoms with Crippen LogP contribution in [0, 0.1) is 0 Å². The molecule has 0 fully saturated rings. The van der Waals surface area contributed by atoms with E-state index < -0.39 is 10.0 Å². The van der Waals surface area contributed by atoms with Crippen LogP contribution in [0.3, 0.4) is 0 Å². The monoisotopic (exact) mass is 338 g/mol. The Morgan fingerprint density at radius 3 is 2.57 bits per heavy atom. The first-order chi connectivity index (χ1) is 11.0. The largest absolute Gasteiger partial charge is 0.492 e. The summed E-state index contributed by atoms with van der Waals surface area (Å²) in [5.41, 5.74) is 0. The minimum atomic E-state index is -3.68. The van der Waals surface area contributed by atoms with E-state index in [1.807, 2.05) is 32.0 Å². The number of para-hydroxylation sites is 1. The third-order valence-corrected chi connectivity index (χ3v) is 4.86. The van der Waals surface area contributed by atoms with Crippen LogP contribution in [-0.4, -0.2) is 40.6 Å². The molecule has 0 aliphatic heterocycles. The molecule has 1 atom stereocenters. The van der Waals surface area contributed by atoms with E-state index >= 15 is 0 Å². The number of sulfonamides is 1. The summed E-state index contributed by atoms with van der Waals surface area (Å²) in [6.07, 6.45) is 1.57. The van der Waals surface area contributed by atoms with Gasteiger partial charge >= 0.3 is 0 Å². The van der Waals surface area contributed by atoms with Crippen molar-refractivity contribution < 1.29 is 17.6 Å². The molecule has 0 spiro atoms. The second kappa shape index (κ2) is 7.63. The number of hydrogen-bond acceptors (Lipinski definition) is 5. The lowest BCUT2D eigenvalue weighted by Crippen LogP contribution is -2.34. The Kier molecular flexibility index (Phi) is 5.81. The summed E-state index contributed by atoms with van der Waals surface area (Å²) >= 11 is 0. The molecule has 1 aromatic heterocycles. The van der Waals surface area contributed by atoms with Gasteiger partial charge in [0, 0.05) is 6.54 Å². The van der Waals surface area contributed by atoms with Gasteiger partial charge in [0.15, 0.2) is 0 Å². The van der Waals surface area contributed by atoms with Gasteiger partial charge < -0.3 is 9.15 Å². The fourth-order valence-corrected chi connectivity index (χ4v) is 3.41. The van der Waals surface area contributed by atoms with Gasteiger partial charge in [-0.15, -0.1) is 0 Å². The molecular weight excluding hydrogens is 316 g/mol. The molecule has 0 aliphatic carbocycles. The molecule has 1 heterocycles. The van der Waals surface area contributed by atoms with E-state index in [0.717, 1.165) is 0 Å². The van der Waals surface area contributed by atoms with Gasteiger partial charge in [-0.3, -0.25) is 4.90 Å². The van der Waals surface area contributed by atoms with Crippen molar-refractivity contribution in [1.29, 1.82) is 0 Å². The van der Waals surface area contributed by atoms with Crippen molar-refractivity contribution in [2.45, 2.75) is 17.9 Å². The van der Waals surface area contributed by atoms with Crippen molar-refractivity contribution >= 4 is 10.0 Å². The highest BCUT2D eigenvalue weighted by Crippen LogP contribution is 2.24. The molecule has 23 heavy (non-hydrogen) atoms. The molecule has 0 radical (unpaired) electrons. The molecule has 1 unspecified atom stereocenters. The molecule has 126 valence electrons. The maximum absolute atomic E-state index is 12.6. The molecule has 0 aliphatic rings. The average Bonchev–Trinajstić information content (AvgIpc) is 3.02. The van der Waals surface area contributed by atoms with Crippen LogP contribution in [-0.2, 0) is 10.0 Å². The summed E-state index contributed by atoms with van der Waals surface area (Å²) in [4.78, 5) is 2.04. The lowest BCUT2D eigenvalue weighted by molar-refractivity contribution is 0.259. The Morgan fingerprint density at radius 2 is 1.96 bits per heavy atom. The fraction of sp³-hybridized carbons (Fsp3) is 0.375. The molecule has 6 nitrogen and oxygen atoms in total. The van der Waals surface area contributed by atoms with Gasteiger partial charge in [0.25, 0.3) is 0 Å². The van der Waals surface area contributed by atoms with Gasteiger partial charge in [0.05, 0.1) is 18.9 Å². The number of rotatable bonds is 8. The van der Waals surface area contributed by atoms with Gasteiger partial charge in [-0.05, 0) is 45.3 Å². The van der Waals surface area contributed by atoms with Crippen LogP contribution in [0.5, 0.6) is 5.75 Å². The van der Waals surface area contributed by atoms with Crippen LogP contribution in [0.15, 0.2) is 52.0 Å². The van der Waals surface area contributed by atoms with Crippen LogP contribution in [0.1, 0.15) is 18.7 Å². The summed E-state index contributed by atoms with van der Waals surface area (Å²) in [6, 6.07) is 10.0. The summed E-state index contributed by atoms with van der Waals surface area (Å²) in [7, 11) is 0.0652. The van der Waals surface area contributed by atoms with Crippen molar-refractivity contribution in [1.82, 2.24) is 9.62 Å². The summed E-state index contributed by atoms with van der Waals surface area (Å²) in [6.45, 7) is 2.42. The molecule has 1 aromatic carbocycles. The van der Waals surface area contributed by atoms with Gasteiger partial charge in [0.2, 0.25) is 10.0 Å². The van der Waals surface area contributed by atoms with Crippen LogP contribution in [0.4, 0.5) is 0 Å². The van der Waals surface area contributed by atoms with Crippen molar-refractivity contribution in [2.75, 3.05) is 27.2 Å². The number of ether oxygens (including phenoxy) is 1. The highest BCUT2D eigenvalue weighted by atomic mass is 32.2. The standard InChI is InChI=1S/C16H22N2O4S/c1-4-21-15-8-5-6-10-16(15)23(19,20)17-12-13(18(2)3)14-9-7-11-22-14/h5-11,13,17H,4,12H2,1-3H3. The molecule has 0 saturated heterocycles. The minimum Gasteiger partial charge on any atom is -0.492 e. The summed E-state index contributed by atoms with van der Waals surface area (Å²) in [5.74, 6) is 1.05. The first-order valence-corrected chi connectivity index (χ1v) is 8.85. The maximum Gasteiger partial charge on any atom is 0.244 e. The number of nitrogens with zero attached hydrogens (tertiary/aromatic N) is 1. The molecule has 0 saturated carbocycles. The van der Waals surface area contributed by atoms with E-state index in [4.69, 9.17) is 9.15 Å². The maximum atomic E-state index is 12.6. The molecule has 2 rings (SSSR count). The smallest absolute Gasteiger partial charge is 0.244 e. The number of likely N-dealkylation sites (N-methyl/N-ethyl adjacent to an activating group) is 1. The highest BCUT2D eigenvalue weighted by molar-refractivity contribution is 7.89. The van der Waals surface area contributed by atoms with Crippen LogP contribution in [0.2, 0.25) is 0 Å². The predicted molar refractivity (Wildman–Crippen MR) is 87.9 cm³/mol. The molecular formula is C16H22N2O4S. The molecule has 0 bridgehead atoms. The van der Waals surface area contributed by atoms with Crippen molar-refractivity contribution in [2.24, 2.45) is 0 Å². The third-order valence-electron chi connectivity index (χ3n) is 3.40. The fourth-order valence-electron chi connectivity index (χ4n) is 2.23. The van der Waals surface area contributed by atoms with E-state index in [1.54, 1.807) is 30.5 Å². The Balaban J connectivity index is 2.18. The van der Waals surface area contributed by atoms with E-state index in [1.165, 1.54) is 6.07 Å². The summed E-state index contributed by atoms with van der Waals surface area (Å²) < 4.78 is 38.6. The Labute approximate surface area is 137 Å². The van der Waals surface area contributed by atoms with Crippen LogP contribution >= 0.6 is 0 Å². The quantitative estimate of drug-likeness (QED) is 0.799. The average molecular weight is 338 g/mol. The lowest BCUT2D eigenvalue weighted by atomic mass is 10.2. The van der Waals surface area contributed by atoms with E-state index in [9.17, 15) is 8.42 Å². The van der Waals surface area contributed by atoms with E-state index in [2.05, 4.69) is 4.72 Å². The minimum absolute atomic E-state index is 0.138. The first kappa shape index (κ1) is 17.5. The van der Waals surface area contributed by atoms with Crippen molar-refractivity contribution in [3.05, 3.63) is 48.4 Å². The first-order valence-electron chi connectivity index (χ1n) is 7.37. The zero-order chi connectivity index (χ0) is 16.9. The van der Waals surface area contributed by atoms with E-state index in [0.29, 0.717) is 18.1 Å². The highest BCUT2D eigenvalue weighted by Gasteiger charge is 2.23. The normalized spacial score (nSPS) is 13.2. The van der Waals surface area contributed by atoms with Gasteiger partial charge in [0.1, 0.15) is 16.4 Å². The number of nitrogens with one attached hydrogen (secondary N) is 1. The molecule has 2 aromatic rings. The second-order valence-electron chi connectivity index (χ2n) is 5.23. The summed E-state index contributed by atoms with van der Waals surface area (Å²) in [5, 5.41) is 0. The Morgan fingerprint density at radius 1 is 1.22 bits per heavy atom. The SMILES string of the molecule is CCOc1ccccc1S(=O)(=O)NCC(c1ccco1)N(C)C. The number of hydrogen-bond donors (Lipinski definition) is 1. The number of furan rings is 1. The zero-order valence-corrected chi connectivity index (χ0v) is 14.3. The molecule has 1 N–H and O–H groups in total. The lowest BCUT2D eigenvalue weighted by Gasteiger charge is -2.22. The Hall–Kier alpha value is -1.83. The molecule has 7 heteroatoms. The zero-order valence-electron chi connectivity index (χ0n) is 13.5. The second-order valence-corrected chi connectivity index (χ2v) is 6.96. The van der Waals surface area contributed by atoms with E-state index in [-0.39, 0.29) is 17.5 Å². The van der Waals surface area contributed by atoms with Crippen molar-refractivity contribution in [3.63, 3.8) is 0 Å². The van der Waals surface area contributed by atoms with Crippen molar-refractivity contribution in [3.8, 4) is 5.75 Å². The van der Waals surface area contributed by atoms with Crippen LogP contribution in [0.25, 0.3) is 0 Å². The predicted octanol–water partition coefficient (Wildman–Crippen LogP) is 2.26. The van der Waals surface area contributed by atoms with Gasteiger partial charge in [-0.25, -0.2) is 13.1 Å². The van der Waals surface area contributed by atoms with Gasteiger partial charge in [-0.2, -0.15) is 0 Å².